The van der Waals surface area contributed by atoms with Crippen molar-refractivity contribution < 1.29 is 41.0 Å². The fraction of sp³-hybridized carbons (Fsp3) is 0.421. The number of fused-ring (bicyclic) bond motifs is 1. The monoisotopic (exact) mass is 490 g/mol. The van der Waals surface area contributed by atoms with Crippen molar-refractivity contribution in [2.24, 2.45) is 0 Å². The third kappa shape index (κ3) is 6.39. The van der Waals surface area contributed by atoms with Crippen LogP contribution >= 0.6 is 0 Å². The average Bonchev–Trinajstić information content (AvgIpc) is 3.28. The number of methoxy groups -OCH3 is 2. The van der Waals surface area contributed by atoms with Crippen molar-refractivity contribution in [2.45, 2.75) is 24.9 Å². The Morgan fingerprint density at radius 3 is 2.59 bits per heavy atom. The van der Waals surface area contributed by atoms with Gasteiger partial charge in [-0.2, -0.15) is 23.3 Å². The summed E-state index contributed by atoms with van der Waals surface area (Å²) in [5, 5.41) is 5.86. The summed E-state index contributed by atoms with van der Waals surface area (Å²) in [6.45, 7) is -2.74. The predicted octanol–water partition coefficient (Wildman–Crippen LogP) is 2.68. The van der Waals surface area contributed by atoms with Crippen molar-refractivity contribution in [3.8, 4) is 28.9 Å². The molecule has 0 radical (unpaired) electrons. The van der Waals surface area contributed by atoms with E-state index in [1.165, 1.54) is 43.4 Å². The molecule has 0 bridgehead atoms. The normalized spacial score (nSPS) is 12.0. The van der Waals surface area contributed by atoms with Crippen molar-refractivity contribution in [3.63, 3.8) is 0 Å². The van der Waals surface area contributed by atoms with E-state index in [0.29, 0.717) is 5.56 Å². The van der Waals surface area contributed by atoms with E-state index in [-0.39, 0.29) is 29.0 Å². The number of hydrogen-bond donors (Lipinski definition) is 1. The maximum Gasteiger partial charge on any atom is 0.405 e. The minimum Gasteiger partial charge on any atom is -0.483 e. The van der Waals surface area contributed by atoms with Crippen LogP contribution in [-0.4, -0.2) is 69.9 Å². The number of nitrogens with one attached hydrogen (secondary N) is 1. The number of carbonyl (C=O) groups is 1. The molecule has 184 valence electrons. The summed E-state index contributed by atoms with van der Waals surface area (Å²) >= 11 is 0. The summed E-state index contributed by atoms with van der Waals surface area (Å²) in [5.74, 6) is -4.61. The topological polar surface area (TPSA) is 113 Å². The number of halogens is 5. The van der Waals surface area contributed by atoms with E-state index >= 15 is 0 Å². The summed E-state index contributed by atoms with van der Waals surface area (Å²) in [5.41, 5.74) is 0.669. The summed E-state index contributed by atoms with van der Waals surface area (Å²) in [6, 6.07) is 1.38. The van der Waals surface area contributed by atoms with Crippen LogP contribution in [0.15, 0.2) is 24.7 Å². The lowest BCUT2D eigenvalue weighted by Gasteiger charge is -2.18. The summed E-state index contributed by atoms with van der Waals surface area (Å²) in [7, 11) is 2.74. The molecule has 15 heteroatoms. The van der Waals surface area contributed by atoms with Gasteiger partial charge in [-0.05, 0) is 0 Å². The molecule has 0 aliphatic rings. The predicted molar refractivity (Wildman–Crippen MR) is 106 cm³/mol. The first kappa shape index (κ1) is 24.9. The molecule has 10 nitrogen and oxygen atoms in total. The maximum atomic E-state index is 14.3. The highest BCUT2D eigenvalue weighted by Crippen LogP contribution is 2.32. The quantitative estimate of drug-likeness (QED) is 0.432. The van der Waals surface area contributed by atoms with Crippen LogP contribution in [0.25, 0.3) is 16.9 Å². The van der Waals surface area contributed by atoms with E-state index in [9.17, 15) is 26.7 Å². The molecule has 0 saturated heterocycles. The first-order chi connectivity index (χ1) is 16.0. The number of imidazole rings is 1. The number of hydrogen-bond acceptors (Lipinski definition) is 8. The lowest BCUT2D eigenvalue weighted by molar-refractivity contribution is -0.139. The third-order valence-electron chi connectivity index (χ3n) is 4.35. The number of nitrogens with zero attached hydrogens (tertiary/aromatic N) is 5. The Hall–Kier alpha value is -3.78. The molecule has 0 aromatic carbocycles. The van der Waals surface area contributed by atoms with Crippen LogP contribution < -0.4 is 19.5 Å². The van der Waals surface area contributed by atoms with Crippen molar-refractivity contribution in [3.05, 3.63) is 24.7 Å². The Kier molecular flexibility index (Phi) is 7.32. The summed E-state index contributed by atoms with van der Waals surface area (Å²) in [4.78, 5) is 23.5. The van der Waals surface area contributed by atoms with Crippen LogP contribution in [0.3, 0.4) is 0 Å². The van der Waals surface area contributed by atoms with Gasteiger partial charge in [0, 0.05) is 37.5 Å². The van der Waals surface area contributed by atoms with Gasteiger partial charge in [-0.15, -0.1) is 0 Å². The fourth-order valence-electron chi connectivity index (χ4n) is 2.75. The molecule has 3 aromatic heterocycles. The van der Waals surface area contributed by atoms with E-state index in [1.54, 1.807) is 5.32 Å². The largest absolute Gasteiger partial charge is 0.483 e. The number of alkyl halides is 5. The maximum absolute atomic E-state index is 14.3. The van der Waals surface area contributed by atoms with Gasteiger partial charge in [0.15, 0.2) is 18.0 Å². The van der Waals surface area contributed by atoms with Crippen LogP contribution in [-0.2, 0) is 4.79 Å². The van der Waals surface area contributed by atoms with Crippen LogP contribution in [0.2, 0.25) is 0 Å². The average molecular weight is 490 g/mol. The Bertz CT molecular complexity index is 1150. The first-order valence-electron chi connectivity index (χ1n) is 9.65. The Morgan fingerprint density at radius 2 is 1.91 bits per heavy atom. The van der Waals surface area contributed by atoms with Gasteiger partial charge in [0.2, 0.25) is 11.8 Å². The molecule has 1 N–H and O–H groups in total. The zero-order valence-electron chi connectivity index (χ0n) is 17.9. The highest BCUT2D eigenvalue weighted by atomic mass is 19.4. The lowest BCUT2D eigenvalue weighted by Crippen LogP contribution is -2.35. The molecule has 0 aliphatic heterocycles. The third-order valence-corrected chi connectivity index (χ3v) is 4.35. The standard InChI is InChI=1S/C19H19F5N6O4/c1-32-16-11(8-26-17(28-16)33-2)12-7-13(15-25-5-6-30(15)29-12)34-10-18(20,21)4-3-14(31)27-9-19(22,23)24/h5-8H,3-4,9-10H2,1-2H3,(H,27,31). The number of amides is 1. The van der Waals surface area contributed by atoms with Crippen molar-refractivity contribution in [2.75, 3.05) is 27.4 Å². The summed E-state index contributed by atoms with van der Waals surface area (Å²) in [6.07, 6.45) is -2.25. The van der Waals surface area contributed by atoms with Crippen LogP contribution in [0.4, 0.5) is 22.0 Å². The van der Waals surface area contributed by atoms with Crippen molar-refractivity contribution in [1.29, 1.82) is 0 Å². The molecule has 0 atom stereocenters. The van der Waals surface area contributed by atoms with Gasteiger partial charge in [-0.1, -0.05) is 0 Å². The minimum absolute atomic E-state index is 0.0414. The molecule has 3 rings (SSSR count). The van der Waals surface area contributed by atoms with E-state index in [1.807, 2.05) is 0 Å². The molecule has 3 aromatic rings. The molecule has 34 heavy (non-hydrogen) atoms. The molecule has 0 saturated carbocycles. The smallest absolute Gasteiger partial charge is 0.405 e. The van der Waals surface area contributed by atoms with Gasteiger partial charge < -0.3 is 19.5 Å². The van der Waals surface area contributed by atoms with Gasteiger partial charge in [0.1, 0.15) is 12.2 Å². The molecular weight excluding hydrogens is 471 g/mol. The van der Waals surface area contributed by atoms with Crippen LogP contribution in [0, 0.1) is 0 Å². The second-order valence-electron chi connectivity index (χ2n) is 6.91. The SMILES string of the molecule is COc1ncc(-c2cc(OCC(F)(F)CCC(=O)NCC(F)(F)F)c3nccn3n2)c(OC)n1. The van der Waals surface area contributed by atoms with Crippen LogP contribution in [0.5, 0.6) is 17.6 Å². The van der Waals surface area contributed by atoms with Gasteiger partial charge in [-0.3, -0.25) is 4.79 Å². The molecule has 1 amide bonds. The molecule has 3 heterocycles. The zero-order valence-corrected chi connectivity index (χ0v) is 17.9. The summed E-state index contributed by atoms with van der Waals surface area (Å²) < 4.78 is 81.6. The first-order valence-corrected chi connectivity index (χ1v) is 9.65. The van der Waals surface area contributed by atoms with Gasteiger partial charge in [0.05, 0.1) is 19.8 Å². The Morgan fingerprint density at radius 1 is 1.15 bits per heavy atom. The van der Waals surface area contributed by atoms with E-state index in [2.05, 4.69) is 20.1 Å². The van der Waals surface area contributed by atoms with Gasteiger partial charge in [0.25, 0.3) is 5.92 Å². The van der Waals surface area contributed by atoms with Crippen LogP contribution in [0.1, 0.15) is 12.8 Å². The second-order valence-corrected chi connectivity index (χ2v) is 6.91. The number of carbonyl (C=O) groups excluding carboxylic acids is 1. The van der Waals surface area contributed by atoms with E-state index in [0.717, 1.165) is 0 Å². The molecular formula is C19H19F5N6O4. The molecule has 0 unspecified atom stereocenters. The molecule has 0 aliphatic carbocycles. The van der Waals surface area contributed by atoms with Gasteiger partial charge >= 0.3 is 12.2 Å². The van der Waals surface area contributed by atoms with Crippen molar-refractivity contribution >= 4 is 11.6 Å². The fourth-order valence-corrected chi connectivity index (χ4v) is 2.75. The van der Waals surface area contributed by atoms with Crippen molar-refractivity contribution in [1.82, 2.24) is 29.9 Å². The van der Waals surface area contributed by atoms with Gasteiger partial charge in [-0.25, -0.2) is 23.3 Å². The number of rotatable bonds is 10. The van der Waals surface area contributed by atoms with E-state index in [4.69, 9.17) is 14.2 Å². The molecule has 0 spiro atoms. The second kappa shape index (κ2) is 10.0. The minimum atomic E-state index is -4.63. The van der Waals surface area contributed by atoms with E-state index < -0.39 is 44.0 Å². The lowest BCUT2D eigenvalue weighted by atomic mass is 10.2. The number of aromatic nitrogens is 5. The highest BCUT2D eigenvalue weighted by Gasteiger charge is 2.33. The highest BCUT2D eigenvalue weighted by molar-refractivity contribution is 5.76. The Labute approximate surface area is 189 Å². The molecule has 0 fully saturated rings. The Balaban J connectivity index is 1.75. The number of ether oxygens (including phenoxy) is 3. The zero-order chi connectivity index (χ0) is 24.9.